The highest BCUT2D eigenvalue weighted by molar-refractivity contribution is 6.59. The predicted molar refractivity (Wildman–Crippen MR) is 74.9 cm³/mol. The number of rotatable bonds is 5. The summed E-state index contributed by atoms with van der Waals surface area (Å²) in [6.45, 7) is 3.23. The van der Waals surface area contributed by atoms with Gasteiger partial charge in [-0.15, -0.1) is 0 Å². The molecule has 0 fully saturated rings. The van der Waals surface area contributed by atoms with Crippen LogP contribution in [0.1, 0.15) is 17.1 Å². The summed E-state index contributed by atoms with van der Waals surface area (Å²) in [4.78, 5) is 2.07. The molecule has 4 nitrogen and oxygen atoms in total. The van der Waals surface area contributed by atoms with Crippen molar-refractivity contribution in [2.45, 2.75) is 20.0 Å². The van der Waals surface area contributed by atoms with Crippen molar-refractivity contribution < 1.29 is 14.5 Å². The van der Waals surface area contributed by atoms with Crippen LogP contribution in [-0.4, -0.2) is 29.1 Å². The molecule has 1 aromatic carbocycles. The quantitative estimate of drug-likeness (QED) is 0.783. The van der Waals surface area contributed by atoms with E-state index in [-0.39, 0.29) is 0 Å². The Morgan fingerprint density at radius 3 is 2.47 bits per heavy atom. The number of hydrogen-bond acceptors (Lipinski definition) is 4. The van der Waals surface area contributed by atoms with E-state index in [4.69, 9.17) is 4.42 Å². The van der Waals surface area contributed by atoms with Crippen molar-refractivity contribution in [2.75, 3.05) is 7.05 Å². The Bertz CT molecular complexity index is 539. The van der Waals surface area contributed by atoms with Crippen LogP contribution in [0.5, 0.6) is 0 Å². The van der Waals surface area contributed by atoms with E-state index in [1.807, 2.05) is 38.2 Å². The first kappa shape index (κ1) is 13.9. The molecule has 2 rings (SSSR count). The highest BCUT2D eigenvalue weighted by Crippen LogP contribution is 2.10. The monoisotopic (exact) mass is 259 g/mol. The van der Waals surface area contributed by atoms with Crippen LogP contribution in [0.3, 0.4) is 0 Å². The van der Waals surface area contributed by atoms with Crippen LogP contribution in [0.4, 0.5) is 0 Å². The molecule has 0 aliphatic carbocycles. The molecular weight excluding hydrogens is 241 g/mol. The minimum absolute atomic E-state index is 0.546. The molecule has 0 amide bonds. The van der Waals surface area contributed by atoms with Crippen LogP contribution in [0, 0.1) is 6.92 Å². The van der Waals surface area contributed by atoms with Crippen molar-refractivity contribution in [3.63, 3.8) is 0 Å². The average Bonchev–Trinajstić information content (AvgIpc) is 2.75. The normalized spacial score (nSPS) is 11.0. The number of furan rings is 1. The molecule has 0 saturated heterocycles. The third kappa shape index (κ3) is 3.70. The molecule has 0 radical (unpaired) electrons. The topological polar surface area (TPSA) is 56.8 Å². The first-order valence-corrected chi connectivity index (χ1v) is 6.24. The van der Waals surface area contributed by atoms with E-state index in [2.05, 4.69) is 4.90 Å². The zero-order valence-corrected chi connectivity index (χ0v) is 11.2. The molecule has 0 saturated carbocycles. The summed E-state index contributed by atoms with van der Waals surface area (Å²) in [5.74, 6) is 1.80. The third-order valence-electron chi connectivity index (χ3n) is 3.00. The van der Waals surface area contributed by atoms with E-state index >= 15 is 0 Å². The summed E-state index contributed by atoms with van der Waals surface area (Å²) in [5.41, 5.74) is 1.45. The lowest BCUT2D eigenvalue weighted by Crippen LogP contribution is -2.34. The number of aryl methyl sites for hydroxylation is 1. The minimum atomic E-state index is -1.43. The summed E-state index contributed by atoms with van der Waals surface area (Å²) in [6, 6.07) is 11.2. The molecule has 100 valence electrons. The Kier molecular flexibility index (Phi) is 4.42. The SMILES string of the molecule is Cc1ccc(CN(C)Cc2ccccc2B(O)O)o1. The molecule has 2 aromatic rings. The second kappa shape index (κ2) is 6.06. The molecule has 0 spiro atoms. The number of benzene rings is 1. The Morgan fingerprint density at radius 2 is 1.84 bits per heavy atom. The molecule has 1 heterocycles. The average molecular weight is 259 g/mol. The standard InChI is InChI=1S/C14H18BNO3/c1-11-7-8-13(19-11)10-16(2)9-12-5-3-4-6-14(12)15(17)18/h3-8,17-18H,9-10H2,1-2H3. The van der Waals surface area contributed by atoms with Gasteiger partial charge in [0.15, 0.2) is 0 Å². The van der Waals surface area contributed by atoms with Crippen LogP contribution < -0.4 is 5.46 Å². The maximum atomic E-state index is 9.33. The third-order valence-corrected chi connectivity index (χ3v) is 3.00. The van der Waals surface area contributed by atoms with Gasteiger partial charge < -0.3 is 14.5 Å². The lowest BCUT2D eigenvalue weighted by Gasteiger charge is -2.17. The summed E-state index contributed by atoms with van der Waals surface area (Å²) < 4.78 is 5.53. The van der Waals surface area contributed by atoms with E-state index in [1.54, 1.807) is 12.1 Å². The van der Waals surface area contributed by atoms with Crippen molar-refractivity contribution in [1.82, 2.24) is 4.90 Å². The molecule has 0 atom stereocenters. The van der Waals surface area contributed by atoms with Crippen LogP contribution in [0.25, 0.3) is 0 Å². The minimum Gasteiger partial charge on any atom is -0.465 e. The van der Waals surface area contributed by atoms with Crippen molar-refractivity contribution >= 4 is 12.6 Å². The second-order valence-electron chi connectivity index (χ2n) is 4.76. The molecule has 2 N–H and O–H groups in total. The van der Waals surface area contributed by atoms with Gasteiger partial charge in [0.1, 0.15) is 11.5 Å². The van der Waals surface area contributed by atoms with Crippen LogP contribution in [0.2, 0.25) is 0 Å². The Labute approximate surface area is 113 Å². The zero-order valence-electron chi connectivity index (χ0n) is 11.2. The van der Waals surface area contributed by atoms with Gasteiger partial charge in [0.05, 0.1) is 6.54 Å². The van der Waals surface area contributed by atoms with Gasteiger partial charge in [-0.05, 0) is 37.1 Å². The fourth-order valence-corrected chi connectivity index (χ4v) is 2.11. The van der Waals surface area contributed by atoms with E-state index in [1.165, 1.54) is 0 Å². The molecule has 0 bridgehead atoms. The molecule has 0 aliphatic heterocycles. The van der Waals surface area contributed by atoms with E-state index in [0.717, 1.165) is 17.1 Å². The fraction of sp³-hybridized carbons (Fsp3) is 0.286. The first-order chi connectivity index (χ1) is 9.06. The van der Waals surface area contributed by atoms with Gasteiger partial charge in [0, 0.05) is 6.54 Å². The smallest absolute Gasteiger partial charge is 0.465 e. The van der Waals surface area contributed by atoms with Gasteiger partial charge in [-0.25, -0.2) is 0 Å². The predicted octanol–water partition coefficient (Wildman–Crippen LogP) is 0.900. The van der Waals surface area contributed by atoms with Crippen molar-refractivity contribution in [1.29, 1.82) is 0 Å². The van der Waals surface area contributed by atoms with Crippen molar-refractivity contribution in [2.24, 2.45) is 0 Å². The molecule has 0 unspecified atom stereocenters. The fourth-order valence-electron chi connectivity index (χ4n) is 2.11. The first-order valence-electron chi connectivity index (χ1n) is 6.24. The van der Waals surface area contributed by atoms with Gasteiger partial charge in [-0.2, -0.15) is 0 Å². The summed E-state index contributed by atoms with van der Waals surface area (Å²) in [5, 5.41) is 18.7. The Morgan fingerprint density at radius 1 is 1.11 bits per heavy atom. The zero-order chi connectivity index (χ0) is 13.8. The van der Waals surface area contributed by atoms with Gasteiger partial charge in [-0.3, -0.25) is 4.90 Å². The highest BCUT2D eigenvalue weighted by atomic mass is 16.4. The Hall–Kier alpha value is -1.56. The van der Waals surface area contributed by atoms with E-state index in [9.17, 15) is 10.0 Å². The van der Waals surface area contributed by atoms with Crippen LogP contribution in [0.15, 0.2) is 40.8 Å². The molecule has 1 aromatic heterocycles. The Balaban J connectivity index is 2.04. The molecule has 19 heavy (non-hydrogen) atoms. The largest absolute Gasteiger partial charge is 0.488 e. The summed E-state index contributed by atoms with van der Waals surface area (Å²) in [7, 11) is 0.536. The highest BCUT2D eigenvalue weighted by Gasteiger charge is 2.16. The van der Waals surface area contributed by atoms with Gasteiger partial charge >= 0.3 is 7.12 Å². The molecule has 0 aliphatic rings. The summed E-state index contributed by atoms with van der Waals surface area (Å²) >= 11 is 0. The van der Waals surface area contributed by atoms with Crippen LogP contribution >= 0.6 is 0 Å². The lowest BCUT2D eigenvalue weighted by molar-refractivity contribution is 0.285. The van der Waals surface area contributed by atoms with Crippen LogP contribution in [-0.2, 0) is 13.1 Å². The maximum Gasteiger partial charge on any atom is 0.488 e. The second-order valence-corrected chi connectivity index (χ2v) is 4.76. The van der Waals surface area contributed by atoms with Gasteiger partial charge in [-0.1, -0.05) is 24.3 Å². The van der Waals surface area contributed by atoms with Gasteiger partial charge in [0.2, 0.25) is 0 Å². The van der Waals surface area contributed by atoms with Crippen molar-refractivity contribution in [3.8, 4) is 0 Å². The van der Waals surface area contributed by atoms with Crippen molar-refractivity contribution in [3.05, 3.63) is 53.5 Å². The molecule has 5 heteroatoms. The van der Waals surface area contributed by atoms with E-state index < -0.39 is 7.12 Å². The molecular formula is C14H18BNO3. The lowest BCUT2D eigenvalue weighted by atomic mass is 9.77. The van der Waals surface area contributed by atoms with Gasteiger partial charge in [0.25, 0.3) is 0 Å². The maximum absolute atomic E-state index is 9.33. The number of nitrogens with zero attached hydrogens (tertiary/aromatic N) is 1. The summed E-state index contributed by atoms with van der Waals surface area (Å²) in [6.07, 6.45) is 0. The van der Waals surface area contributed by atoms with E-state index in [0.29, 0.717) is 18.6 Å². The number of hydrogen-bond donors (Lipinski definition) is 2.